The highest BCUT2D eigenvalue weighted by molar-refractivity contribution is 5.89. The molecule has 1 heterocycles. The van der Waals surface area contributed by atoms with Crippen molar-refractivity contribution < 1.29 is 4.74 Å². The van der Waals surface area contributed by atoms with E-state index in [0.717, 1.165) is 28.6 Å². The Labute approximate surface area is 353 Å². The van der Waals surface area contributed by atoms with Crippen molar-refractivity contribution in [2.45, 2.75) is 38.5 Å². The molecule has 0 saturated heterocycles. The largest absolute Gasteiger partial charge is 0.457 e. The number of para-hydroxylation sites is 1. The van der Waals surface area contributed by atoms with E-state index in [-0.39, 0.29) is 10.8 Å². The fraction of sp³-hybridized carbons (Fsp3) is 0.103. The van der Waals surface area contributed by atoms with Crippen LogP contribution in [0.15, 0.2) is 200 Å². The van der Waals surface area contributed by atoms with Crippen LogP contribution < -0.4 is 9.64 Å². The zero-order valence-corrected chi connectivity index (χ0v) is 34.4. The van der Waals surface area contributed by atoms with Gasteiger partial charge >= 0.3 is 0 Å². The summed E-state index contributed by atoms with van der Waals surface area (Å²) in [5.41, 5.74) is 18.2. The maximum atomic E-state index is 6.38. The second kappa shape index (κ2) is 13.7. The van der Waals surface area contributed by atoms with E-state index in [9.17, 15) is 0 Å². The van der Waals surface area contributed by atoms with Crippen LogP contribution in [-0.2, 0) is 10.8 Å². The molecule has 9 aromatic carbocycles. The molecule has 2 aliphatic rings. The van der Waals surface area contributed by atoms with Gasteiger partial charge < -0.3 is 9.64 Å². The van der Waals surface area contributed by atoms with E-state index >= 15 is 0 Å². The van der Waals surface area contributed by atoms with Gasteiger partial charge in [0.1, 0.15) is 11.5 Å². The van der Waals surface area contributed by atoms with Crippen LogP contribution in [0.25, 0.3) is 55.3 Å². The summed E-state index contributed by atoms with van der Waals surface area (Å²) < 4.78 is 6.38. The molecule has 0 fully saturated rings. The maximum Gasteiger partial charge on any atom is 0.131 e. The summed E-state index contributed by atoms with van der Waals surface area (Å²) in [6.07, 6.45) is 0. The Morgan fingerprint density at radius 3 is 1.40 bits per heavy atom. The molecule has 0 bridgehead atoms. The molecule has 1 aliphatic carbocycles. The van der Waals surface area contributed by atoms with Crippen molar-refractivity contribution in [3.63, 3.8) is 0 Å². The summed E-state index contributed by atoms with van der Waals surface area (Å²) >= 11 is 0. The molecule has 0 spiro atoms. The van der Waals surface area contributed by atoms with Crippen LogP contribution in [0.4, 0.5) is 17.1 Å². The van der Waals surface area contributed by atoms with Crippen LogP contribution in [-0.4, -0.2) is 0 Å². The summed E-state index contributed by atoms with van der Waals surface area (Å²) in [7, 11) is 0. The number of benzene rings is 9. The van der Waals surface area contributed by atoms with Gasteiger partial charge in [-0.15, -0.1) is 0 Å². The van der Waals surface area contributed by atoms with Gasteiger partial charge in [-0.2, -0.15) is 0 Å². The number of anilines is 3. The van der Waals surface area contributed by atoms with Gasteiger partial charge in [0.15, 0.2) is 0 Å². The molecule has 0 radical (unpaired) electrons. The Balaban J connectivity index is 0.949. The molecular weight excluding hydrogens is 727 g/mol. The molecular formula is C58H45NO. The van der Waals surface area contributed by atoms with Gasteiger partial charge in [-0.3, -0.25) is 0 Å². The van der Waals surface area contributed by atoms with Gasteiger partial charge in [0.05, 0.1) is 0 Å². The minimum atomic E-state index is -0.177. The van der Waals surface area contributed by atoms with Crippen LogP contribution >= 0.6 is 0 Å². The second-order valence-electron chi connectivity index (χ2n) is 17.4. The normalized spacial score (nSPS) is 14.1. The van der Waals surface area contributed by atoms with Crippen molar-refractivity contribution in [3.8, 4) is 56.0 Å². The smallest absolute Gasteiger partial charge is 0.131 e. The van der Waals surface area contributed by atoms with Gasteiger partial charge in [-0.1, -0.05) is 161 Å². The number of fused-ring (bicyclic) bond motifs is 6. The lowest BCUT2D eigenvalue weighted by atomic mass is 9.75. The number of nitrogens with zero attached hydrogens (tertiary/aromatic N) is 1. The highest BCUT2D eigenvalue weighted by Gasteiger charge is 2.36. The molecule has 0 N–H and O–H groups in total. The number of rotatable bonds is 6. The zero-order valence-electron chi connectivity index (χ0n) is 34.4. The van der Waals surface area contributed by atoms with Crippen molar-refractivity contribution in [1.29, 1.82) is 0 Å². The van der Waals surface area contributed by atoms with E-state index < -0.39 is 0 Å². The first kappa shape index (κ1) is 36.0. The third-order valence-corrected chi connectivity index (χ3v) is 13.1. The summed E-state index contributed by atoms with van der Waals surface area (Å²) in [5.74, 6) is 1.86. The van der Waals surface area contributed by atoms with E-state index in [2.05, 4.69) is 227 Å². The summed E-state index contributed by atoms with van der Waals surface area (Å²) in [6.45, 7) is 9.27. The quantitative estimate of drug-likeness (QED) is 0.167. The first-order chi connectivity index (χ1) is 29.2. The lowest BCUT2D eigenvalue weighted by molar-refractivity contribution is 0.418. The summed E-state index contributed by atoms with van der Waals surface area (Å²) in [6, 6.07) is 73.1. The molecule has 0 aromatic heterocycles. The molecule has 0 unspecified atom stereocenters. The molecule has 1 aliphatic heterocycles. The fourth-order valence-electron chi connectivity index (χ4n) is 9.73. The summed E-state index contributed by atoms with van der Waals surface area (Å²) in [5, 5.41) is 2.50. The first-order valence-electron chi connectivity index (χ1n) is 21.0. The standard InChI is InChI=1S/C58H45NO/c1-57(2)51-14-8-7-13-49(51)50-33-25-44(36-53(50)57)40-21-29-47(30-22-40)59(46-27-19-39(20-28-46)43-18-17-38-11-5-6-12-42(38)35-43)48-31-23-41(24-32-48)45-26-34-56-54(37-45)58(3,4)52-15-9-10-16-55(52)60-56/h5-37H,1-4H3. The lowest BCUT2D eigenvalue weighted by Crippen LogP contribution is -2.24. The molecule has 9 aromatic rings. The van der Waals surface area contributed by atoms with E-state index in [1.54, 1.807) is 0 Å². The molecule has 2 heteroatoms. The Hall–Kier alpha value is -7.16. The zero-order chi connectivity index (χ0) is 40.6. The lowest BCUT2D eigenvalue weighted by Gasteiger charge is -2.34. The highest BCUT2D eigenvalue weighted by atomic mass is 16.5. The van der Waals surface area contributed by atoms with Crippen LogP contribution in [0.2, 0.25) is 0 Å². The Morgan fingerprint density at radius 1 is 0.317 bits per heavy atom. The van der Waals surface area contributed by atoms with Gasteiger partial charge in [0, 0.05) is 39.0 Å². The SMILES string of the molecule is CC1(C)c2ccccc2Oc2ccc(-c3ccc(N(c4ccc(-c5ccc6c(c5)C(C)(C)c5ccccc5-6)cc4)c4ccc(-c5ccc6ccccc6c5)cc4)cc3)cc21. The molecule has 11 rings (SSSR count). The molecule has 60 heavy (non-hydrogen) atoms. The van der Waals surface area contributed by atoms with Crippen molar-refractivity contribution >= 4 is 27.8 Å². The van der Waals surface area contributed by atoms with E-state index in [4.69, 9.17) is 4.74 Å². The third-order valence-electron chi connectivity index (χ3n) is 13.1. The minimum Gasteiger partial charge on any atom is -0.457 e. The second-order valence-corrected chi connectivity index (χ2v) is 17.4. The number of hydrogen-bond donors (Lipinski definition) is 0. The summed E-state index contributed by atoms with van der Waals surface area (Å²) in [4.78, 5) is 2.36. The molecule has 288 valence electrons. The Kier molecular flexibility index (Phi) is 8.22. The van der Waals surface area contributed by atoms with Crippen LogP contribution in [0.5, 0.6) is 11.5 Å². The van der Waals surface area contributed by atoms with E-state index in [0.29, 0.717) is 0 Å². The monoisotopic (exact) mass is 771 g/mol. The van der Waals surface area contributed by atoms with Gasteiger partial charge in [-0.25, -0.2) is 0 Å². The van der Waals surface area contributed by atoms with Crippen molar-refractivity contribution in [2.75, 3.05) is 4.90 Å². The average Bonchev–Trinajstić information content (AvgIpc) is 3.52. The fourth-order valence-corrected chi connectivity index (χ4v) is 9.73. The maximum absolute atomic E-state index is 6.38. The van der Waals surface area contributed by atoms with Crippen LogP contribution in [0.1, 0.15) is 49.9 Å². The highest BCUT2D eigenvalue weighted by Crippen LogP contribution is 2.51. The van der Waals surface area contributed by atoms with E-state index in [1.807, 2.05) is 6.07 Å². The van der Waals surface area contributed by atoms with E-state index in [1.165, 1.54) is 77.5 Å². The number of ether oxygens (including phenoxy) is 1. The predicted octanol–water partition coefficient (Wildman–Crippen LogP) is 16.0. The predicted molar refractivity (Wildman–Crippen MR) is 251 cm³/mol. The molecule has 2 nitrogen and oxygen atoms in total. The number of hydrogen-bond acceptors (Lipinski definition) is 2. The van der Waals surface area contributed by atoms with Gasteiger partial charge in [0.2, 0.25) is 0 Å². The molecule has 0 saturated carbocycles. The van der Waals surface area contributed by atoms with Gasteiger partial charge in [-0.05, 0) is 133 Å². The topological polar surface area (TPSA) is 12.5 Å². The minimum absolute atomic E-state index is 0.0433. The molecule has 0 amide bonds. The third kappa shape index (κ3) is 5.86. The Bertz CT molecular complexity index is 3100. The van der Waals surface area contributed by atoms with Crippen LogP contribution in [0, 0.1) is 0 Å². The van der Waals surface area contributed by atoms with Crippen molar-refractivity contribution in [1.82, 2.24) is 0 Å². The van der Waals surface area contributed by atoms with Crippen molar-refractivity contribution in [3.05, 3.63) is 222 Å². The molecule has 0 atom stereocenters. The Morgan fingerprint density at radius 2 is 0.750 bits per heavy atom. The average molecular weight is 772 g/mol. The first-order valence-corrected chi connectivity index (χ1v) is 21.0. The van der Waals surface area contributed by atoms with Crippen molar-refractivity contribution in [2.24, 2.45) is 0 Å². The van der Waals surface area contributed by atoms with Crippen LogP contribution in [0.3, 0.4) is 0 Å². The van der Waals surface area contributed by atoms with Gasteiger partial charge in [0.25, 0.3) is 0 Å².